The number of carboxylic acid groups (broad SMARTS) is 1. The molecule has 0 aromatic heterocycles. The summed E-state index contributed by atoms with van der Waals surface area (Å²) in [4.78, 5) is 22.0. The van der Waals surface area contributed by atoms with Crippen LogP contribution in [0.15, 0.2) is 0 Å². The highest BCUT2D eigenvalue weighted by molar-refractivity contribution is 7.98. The molecule has 1 aliphatic rings. The number of amides is 1. The SMILES string of the molecule is CSCC(C)CNC(=O)C1CC1C(=O)O. The molecule has 0 aromatic rings. The maximum absolute atomic E-state index is 11.4. The molecule has 0 spiro atoms. The summed E-state index contributed by atoms with van der Waals surface area (Å²) in [5, 5.41) is 11.4. The van der Waals surface area contributed by atoms with Crippen LogP contribution in [0.1, 0.15) is 13.3 Å². The lowest BCUT2D eigenvalue weighted by molar-refractivity contribution is -0.140. The van der Waals surface area contributed by atoms with Gasteiger partial charge in [0.15, 0.2) is 0 Å². The fourth-order valence-electron chi connectivity index (χ4n) is 1.51. The van der Waals surface area contributed by atoms with E-state index in [0.717, 1.165) is 5.75 Å². The van der Waals surface area contributed by atoms with E-state index in [1.807, 2.05) is 6.26 Å². The summed E-state index contributed by atoms with van der Waals surface area (Å²) >= 11 is 1.75. The van der Waals surface area contributed by atoms with Gasteiger partial charge in [0.2, 0.25) is 5.91 Å². The van der Waals surface area contributed by atoms with Crippen molar-refractivity contribution in [1.82, 2.24) is 5.32 Å². The molecule has 0 aliphatic heterocycles. The van der Waals surface area contributed by atoms with E-state index in [-0.39, 0.29) is 11.8 Å². The molecule has 15 heavy (non-hydrogen) atoms. The summed E-state index contributed by atoms with van der Waals surface area (Å²) in [6.45, 7) is 2.71. The molecule has 0 saturated heterocycles. The number of carbonyl (C=O) groups excluding carboxylic acids is 1. The van der Waals surface area contributed by atoms with Crippen LogP contribution in [0.2, 0.25) is 0 Å². The number of rotatable bonds is 6. The number of thioether (sulfide) groups is 1. The van der Waals surface area contributed by atoms with E-state index in [9.17, 15) is 9.59 Å². The Hall–Kier alpha value is -0.710. The second-order valence-corrected chi connectivity index (χ2v) is 5.00. The summed E-state index contributed by atoms with van der Waals surface area (Å²) in [5.41, 5.74) is 0. The number of hydrogen-bond donors (Lipinski definition) is 2. The standard InChI is InChI=1S/C10H17NO3S/c1-6(5-15-2)4-11-9(12)7-3-8(7)10(13)14/h6-8H,3-5H2,1-2H3,(H,11,12)(H,13,14). The molecule has 3 unspecified atom stereocenters. The van der Waals surface area contributed by atoms with Crippen LogP contribution in [0.5, 0.6) is 0 Å². The lowest BCUT2D eigenvalue weighted by Crippen LogP contribution is -2.31. The highest BCUT2D eigenvalue weighted by Gasteiger charge is 2.48. The summed E-state index contributed by atoms with van der Waals surface area (Å²) < 4.78 is 0. The minimum atomic E-state index is -0.854. The van der Waals surface area contributed by atoms with E-state index in [1.54, 1.807) is 11.8 Å². The number of aliphatic carboxylic acids is 1. The third-order valence-corrected chi connectivity index (χ3v) is 3.42. The van der Waals surface area contributed by atoms with Gasteiger partial charge in [-0.1, -0.05) is 6.92 Å². The van der Waals surface area contributed by atoms with E-state index in [0.29, 0.717) is 18.9 Å². The molecule has 5 heteroatoms. The fourth-order valence-corrected chi connectivity index (χ4v) is 2.19. The van der Waals surface area contributed by atoms with Gasteiger partial charge in [-0.3, -0.25) is 9.59 Å². The van der Waals surface area contributed by atoms with Crippen molar-refractivity contribution in [2.75, 3.05) is 18.6 Å². The van der Waals surface area contributed by atoms with Crippen molar-refractivity contribution in [3.8, 4) is 0 Å². The molecule has 0 radical (unpaired) electrons. The van der Waals surface area contributed by atoms with E-state index in [1.165, 1.54) is 0 Å². The van der Waals surface area contributed by atoms with Crippen LogP contribution in [-0.2, 0) is 9.59 Å². The Kier molecular flexibility index (Phi) is 4.45. The molecule has 0 aromatic carbocycles. The Morgan fingerprint density at radius 1 is 1.53 bits per heavy atom. The molecule has 0 heterocycles. The summed E-state index contributed by atoms with van der Waals surface area (Å²) in [6.07, 6.45) is 2.53. The van der Waals surface area contributed by atoms with E-state index >= 15 is 0 Å². The summed E-state index contributed by atoms with van der Waals surface area (Å²) in [7, 11) is 0. The quantitative estimate of drug-likeness (QED) is 0.710. The number of carbonyl (C=O) groups is 2. The van der Waals surface area contributed by atoms with Crippen molar-refractivity contribution in [2.45, 2.75) is 13.3 Å². The van der Waals surface area contributed by atoms with Gasteiger partial charge in [0.05, 0.1) is 11.8 Å². The Bertz CT molecular complexity index is 257. The third-order valence-electron chi connectivity index (χ3n) is 2.52. The third kappa shape index (κ3) is 3.74. The molecular weight excluding hydrogens is 214 g/mol. The van der Waals surface area contributed by atoms with Crippen LogP contribution in [0.25, 0.3) is 0 Å². The Morgan fingerprint density at radius 3 is 2.67 bits per heavy atom. The van der Waals surface area contributed by atoms with E-state index < -0.39 is 11.9 Å². The van der Waals surface area contributed by atoms with Crippen LogP contribution in [0.3, 0.4) is 0 Å². The fraction of sp³-hybridized carbons (Fsp3) is 0.800. The van der Waals surface area contributed by atoms with E-state index in [2.05, 4.69) is 12.2 Å². The smallest absolute Gasteiger partial charge is 0.307 e. The van der Waals surface area contributed by atoms with Crippen LogP contribution in [0, 0.1) is 17.8 Å². The Balaban J connectivity index is 2.18. The maximum Gasteiger partial charge on any atom is 0.307 e. The summed E-state index contributed by atoms with van der Waals surface area (Å²) in [5.74, 6) is -0.244. The highest BCUT2D eigenvalue weighted by Crippen LogP contribution is 2.38. The average molecular weight is 231 g/mol. The molecule has 86 valence electrons. The lowest BCUT2D eigenvalue weighted by Gasteiger charge is -2.10. The van der Waals surface area contributed by atoms with Crippen LogP contribution >= 0.6 is 11.8 Å². The second-order valence-electron chi connectivity index (χ2n) is 4.09. The average Bonchev–Trinajstić information content (AvgIpc) is 2.94. The van der Waals surface area contributed by atoms with Gasteiger partial charge < -0.3 is 10.4 Å². The molecule has 1 aliphatic carbocycles. The van der Waals surface area contributed by atoms with Crippen molar-refractivity contribution in [3.63, 3.8) is 0 Å². The minimum absolute atomic E-state index is 0.102. The van der Waals surface area contributed by atoms with Crippen molar-refractivity contribution < 1.29 is 14.7 Å². The van der Waals surface area contributed by atoms with Crippen molar-refractivity contribution in [3.05, 3.63) is 0 Å². The highest BCUT2D eigenvalue weighted by atomic mass is 32.2. The predicted molar refractivity (Wildman–Crippen MR) is 59.8 cm³/mol. The first-order chi connectivity index (χ1) is 7.06. The number of hydrogen-bond acceptors (Lipinski definition) is 3. The van der Waals surface area contributed by atoms with Crippen LogP contribution in [0.4, 0.5) is 0 Å². The molecule has 2 N–H and O–H groups in total. The minimum Gasteiger partial charge on any atom is -0.481 e. The van der Waals surface area contributed by atoms with Crippen LogP contribution in [-0.4, -0.2) is 35.5 Å². The number of nitrogens with one attached hydrogen (secondary N) is 1. The Morgan fingerprint density at radius 2 is 2.20 bits per heavy atom. The molecule has 1 rings (SSSR count). The first-order valence-corrected chi connectivity index (χ1v) is 6.45. The first kappa shape index (κ1) is 12.4. The zero-order valence-electron chi connectivity index (χ0n) is 9.03. The van der Waals surface area contributed by atoms with Gasteiger partial charge in [0.1, 0.15) is 0 Å². The molecule has 0 bridgehead atoms. The van der Waals surface area contributed by atoms with Gasteiger partial charge >= 0.3 is 5.97 Å². The lowest BCUT2D eigenvalue weighted by atomic mass is 10.2. The predicted octanol–water partition coefficient (Wildman–Crippen LogP) is 0.822. The maximum atomic E-state index is 11.4. The zero-order valence-corrected chi connectivity index (χ0v) is 9.84. The number of carboxylic acids is 1. The molecular formula is C10H17NO3S. The van der Waals surface area contributed by atoms with Crippen LogP contribution < -0.4 is 5.32 Å². The van der Waals surface area contributed by atoms with Gasteiger partial charge in [-0.15, -0.1) is 0 Å². The topological polar surface area (TPSA) is 66.4 Å². The first-order valence-electron chi connectivity index (χ1n) is 5.05. The molecule has 4 nitrogen and oxygen atoms in total. The largest absolute Gasteiger partial charge is 0.481 e. The molecule has 1 saturated carbocycles. The monoisotopic (exact) mass is 231 g/mol. The zero-order chi connectivity index (χ0) is 11.4. The molecule has 1 amide bonds. The Labute approximate surface area is 93.8 Å². The van der Waals surface area contributed by atoms with Gasteiger partial charge in [0.25, 0.3) is 0 Å². The van der Waals surface area contributed by atoms with Gasteiger partial charge in [-0.2, -0.15) is 11.8 Å². The van der Waals surface area contributed by atoms with Gasteiger partial charge in [-0.25, -0.2) is 0 Å². The molecule has 3 atom stereocenters. The van der Waals surface area contributed by atoms with Crippen molar-refractivity contribution in [1.29, 1.82) is 0 Å². The second kappa shape index (κ2) is 5.39. The molecule has 1 fully saturated rings. The van der Waals surface area contributed by atoms with Gasteiger partial charge in [0, 0.05) is 6.54 Å². The van der Waals surface area contributed by atoms with Gasteiger partial charge in [-0.05, 0) is 24.3 Å². The summed E-state index contributed by atoms with van der Waals surface area (Å²) in [6, 6.07) is 0. The normalized spacial score (nSPS) is 25.7. The van der Waals surface area contributed by atoms with Crippen molar-refractivity contribution >= 4 is 23.6 Å². The van der Waals surface area contributed by atoms with Crippen molar-refractivity contribution in [2.24, 2.45) is 17.8 Å². The van der Waals surface area contributed by atoms with E-state index in [4.69, 9.17) is 5.11 Å².